The molecule has 0 N–H and O–H groups in total. The van der Waals surface area contributed by atoms with Gasteiger partial charge in [0.1, 0.15) is 0 Å². The summed E-state index contributed by atoms with van der Waals surface area (Å²) in [6.07, 6.45) is 38.5. The monoisotopic (exact) mass is 564 g/mol. The van der Waals surface area contributed by atoms with Crippen LogP contribution in [0.15, 0.2) is 142 Å². The van der Waals surface area contributed by atoms with E-state index < -0.39 is 0 Å². The summed E-state index contributed by atoms with van der Waals surface area (Å²) < 4.78 is 5.69. The van der Waals surface area contributed by atoms with Gasteiger partial charge in [0.25, 0.3) is 0 Å². The minimum Gasteiger partial charge on any atom is -0.377 e. The number of allylic oxidation sites excluding steroid dienone is 23. The molecule has 0 spiro atoms. The van der Waals surface area contributed by atoms with Gasteiger partial charge < -0.3 is 4.74 Å². The minimum atomic E-state index is 0.189. The molecule has 226 valence electrons. The van der Waals surface area contributed by atoms with Gasteiger partial charge in [-0.3, -0.25) is 0 Å². The highest BCUT2D eigenvalue weighted by Crippen LogP contribution is 2.42. The fourth-order valence-corrected chi connectivity index (χ4v) is 5.59. The average Bonchev–Trinajstić information content (AvgIpc) is 2.90. The Balaban J connectivity index is 1.92. The van der Waals surface area contributed by atoms with E-state index in [0.717, 1.165) is 19.3 Å². The highest BCUT2D eigenvalue weighted by Gasteiger charge is 2.31. The number of hydrogen-bond donors (Lipinski definition) is 0. The molecule has 2 aliphatic carbocycles. The molecule has 0 saturated heterocycles. The van der Waals surface area contributed by atoms with E-state index in [4.69, 9.17) is 4.74 Å². The molecule has 0 aromatic carbocycles. The van der Waals surface area contributed by atoms with Gasteiger partial charge in [0.05, 0.1) is 6.10 Å². The van der Waals surface area contributed by atoms with E-state index in [1.807, 2.05) is 7.11 Å². The Morgan fingerprint density at radius 1 is 0.690 bits per heavy atom. The van der Waals surface area contributed by atoms with Gasteiger partial charge >= 0.3 is 0 Å². The number of hydrogen-bond acceptors (Lipinski definition) is 1. The van der Waals surface area contributed by atoms with Crippen LogP contribution in [-0.4, -0.2) is 13.2 Å². The van der Waals surface area contributed by atoms with Gasteiger partial charge in [-0.15, -0.1) is 0 Å². The Morgan fingerprint density at radius 2 is 1.17 bits per heavy atom. The van der Waals surface area contributed by atoms with Gasteiger partial charge in [-0.1, -0.05) is 147 Å². The first-order chi connectivity index (χ1) is 19.8. The van der Waals surface area contributed by atoms with Crippen molar-refractivity contribution in [1.29, 1.82) is 0 Å². The predicted molar refractivity (Wildman–Crippen MR) is 187 cm³/mol. The third-order valence-electron chi connectivity index (χ3n) is 8.39. The summed E-state index contributed by atoms with van der Waals surface area (Å²) >= 11 is 0. The molecule has 0 fully saturated rings. The van der Waals surface area contributed by atoms with Crippen molar-refractivity contribution in [3.05, 3.63) is 142 Å². The summed E-state index contributed by atoms with van der Waals surface area (Å²) in [4.78, 5) is 0. The van der Waals surface area contributed by atoms with Gasteiger partial charge in [-0.05, 0) is 93.9 Å². The normalized spacial score (nSPS) is 22.9. The molecule has 0 amide bonds. The lowest BCUT2D eigenvalue weighted by molar-refractivity contribution is 0.101. The SMILES string of the molecule is COC1CCC(C)(C)C(/C=C/C(C)=C/C=C/C(C)=C/C=C/C=C(C)/C=C/C=C(C)/C=C/C2=C(C)C=CCC2(C)C)=C1C. The van der Waals surface area contributed by atoms with Gasteiger partial charge in [0, 0.05) is 7.11 Å². The maximum atomic E-state index is 5.69. The second kappa shape index (κ2) is 16.5. The standard InChI is InChI=1S/C41H56O/c1-31(19-14-21-33(3)24-26-37-35(5)23-16-29-40(37,7)8)17-12-13-18-32(2)20-15-22-34(4)25-27-38-36(6)39(42-11)28-30-41(38,9)10/h12-27,39H,28-30H2,1-11H3/b13-12+,19-14+,20-15+,26-24+,27-25+,31-17+,32-18+,33-21+,34-22+. The Kier molecular flexibility index (Phi) is 13.7. The Morgan fingerprint density at radius 3 is 1.67 bits per heavy atom. The molecule has 0 aromatic heterocycles. The van der Waals surface area contributed by atoms with E-state index in [1.54, 1.807) is 0 Å². The van der Waals surface area contributed by atoms with E-state index >= 15 is 0 Å². The number of ether oxygens (including phenoxy) is 1. The van der Waals surface area contributed by atoms with Gasteiger partial charge in [0.15, 0.2) is 0 Å². The molecular formula is C41H56O. The third kappa shape index (κ3) is 11.3. The van der Waals surface area contributed by atoms with Crippen LogP contribution >= 0.6 is 0 Å². The molecule has 1 unspecified atom stereocenters. The van der Waals surface area contributed by atoms with Crippen molar-refractivity contribution in [2.75, 3.05) is 7.11 Å². The maximum absolute atomic E-state index is 5.69. The lowest BCUT2D eigenvalue weighted by atomic mass is 9.71. The van der Waals surface area contributed by atoms with Crippen LogP contribution < -0.4 is 0 Å². The smallest absolute Gasteiger partial charge is 0.0784 e. The van der Waals surface area contributed by atoms with E-state index in [-0.39, 0.29) is 16.9 Å². The van der Waals surface area contributed by atoms with Crippen LogP contribution in [0, 0.1) is 10.8 Å². The molecule has 1 nitrogen and oxygen atoms in total. The zero-order valence-electron chi connectivity index (χ0n) is 28.3. The maximum Gasteiger partial charge on any atom is 0.0784 e. The molecule has 42 heavy (non-hydrogen) atoms. The Bertz CT molecular complexity index is 1310. The topological polar surface area (TPSA) is 9.23 Å². The fraction of sp³-hybridized carbons (Fsp3) is 0.415. The summed E-state index contributed by atoms with van der Waals surface area (Å²) in [5, 5.41) is 0. The zero-order valence-corrected chi connectivity index (χ0v) is 28.3. The largest absolute Gasteiger partial charge is 0.377 e. The average molecular weight is 565 g/mol. The molecule has 0 heterocycles. The fourth-order valence-electron chi connectivity index (χ4n) is 5.59. The van der Waals surface area contributed by atoms with Crippen molar-refractivity contribution in [3.63, 3.8) is 0 Å². The highest BCUT2D eigenvalue weighted by molar-refractivity contribution is 5.42. The molecule has 0 aliphatic heterocycles. The molecule has 0 bridgehead atoms. The van der Waals surface area contributed by atoms with Crippen LogP contribution in [0.3, 0.4) is 0 Å². The van der Waals surface area contributed by atoms with Crippen LogP contribution in [0.4, 0.5) is 0 Å². The van der Waals surface area contributed by atoms with E-state index in [1.165, 1.54) is 44.6 Å². The molecular weight excluding hydrogens is 508 g/mol. The molecule has 0 radical (unpaired) electrons. The van der Waals surface area contributed by atoms with Crippen molar-refractivity contribution in [3.8, 4) is 0 Å². The molecule has 1 heteroatoms. The summed E-state index contributed by atoms with van der Waals surface area (Å²) in [6.45, 7) is 22.3. The van der Waals surface area contributed by atoms with Gasteiger partial charge in [-0.2, -0.15) is 0 Å². The van der Waals surface area contributed by atoms with Crippen LogP contribution in [0.25, 0.3) is 0 Å². The molecule has 0 aromatic rings. The summed E-state index contributed by atoms with van der Waals surface area (Å²) in [5.41, 5.74) is 10.9. The first kappa shape index (κ1) is 35.0. The van der Waals surface area contributed by atoms with Crippen molar-refractivity contribution in [2.24, 2.45) is 10.8 Å². The quantitative estimate of drug-likeness (QED) is 0.227. The van der Waals surface area contributed by atoms with Gasteiger partial charge in [0.2, 0.25) is 0 Å². The Labute approximate surface area is 258 Å². The lowest BCUT2D eigenvalue weighted by Gasteiger charge is -2.36. The van der Waals surface area contributed by atoms with E-state index in [0.29, 0.717) is 0 Å². The zero-order chi connectivity index (χ0) is 31.3. The predicted octanol–water partition coefficient (Wildman–Crippen LogP) is 12.0. The molecule has 2 aliphatic rings. The van der Waals surface area contributed by atoms with Crippen LogP contribution in [0.1, 0.15) is 88.5 Å². The first-order valence-corrected chi connectivity index (χ1v) is 15.5. The number of methoxy groups -OCH3 is 1. The lowest BCUT2D eigenvalue weighted by Crippen LogP contribution is -2.28. The van der Waals surface area contributed by atoms with E-state index in [9.17, 15) is 0 Å². The highest BCUT2D eigenvalue weighted by atomic mass is 16.5. The van der Waals surface area contributed by atoms with Crippen molar-refractivity contribution in [2.45, 2.75) is 94.6 Å². The van der Waals surface area contributed by atoms with Crippen molar-refractivity contribution >= 4 is 0 Å². The molecule has 0 saturated carbocycles. The first-order valence-electron chi connectivity index (χ1n) is 15.5. The summed E-state index contributed by atoms with van der Waals surface area (Å²) in [6, 6.07) is 0. The minimum absolute atomic E-state index is 0.189. The van der Waals surface area contributed by atoms with Crippen molar-refractivity contribution < 1.29 is 4.74 Å². The van der Waals surface area contributed by atoms with Crippen LogP contribution in [0.5, 0.6) is 0 Å². The molecule has 2 rings (SSSR count). The van der Waals surface area contributed by atoms with E-state index in [2.05, 4.69) is 166 Å². The van der Waals surface area contributed by atoms with Gasteiger partial charge in [-0.25, -0.2) is 0 Å². The van der Waals surface area contributed by atoms with Crippen molar-refractivity contribution in [1.82, 2.24) is 0 Å². The third-order valence-corrected chi connectivity index (χ3v) is 8.39. The second-order valence-corrected chi connectivity index (χ2v) is 13.2. The molecule has 1 atom stereocenters. The summed E-state index contributed by atoms with van der Waals surface area (Å²) in [7, 11) is 1.82. The van der Waals surface area contributed by atoms with Crippen LogP contribution in [0.2, 0.25) is 0 Å². The summed E-state index contributed by atoms with van der Waals surface area (Å²) in [5.74, 6) is 0. The Hall–Kier alpha value is -3.16. The number of rotatable bonds is 11. The van der Waals surface area contributed by atoms with Crippen LogP contribution in [-0.2, 0) is 4.74 Å². The second-order valence-electron chi connectivity index (χ2n) is 13.2.